The standard InChI is InChI=1S/C19H21F2N5O2S.C2HF3O2/c1-12(2)25-7-13(3-4-17(25)27)14-5-16(29-10-14)9-24-11-23-26(19(24)28)8-15(6-22)18(20)21;3-2(4,5)1(6)7/h3-5,7,10-12H,6,8-9,22H2,1-2H3;(H,6,7). The Labute approximate surface area is 204 Å². The maximum atomic E-state index is 12.8. The molecular formula is C21H22F5N5O4S. The summed E-state index contributed by atoms with van der Waals surface area (Å²) < 4.78 is 61.3. The van der Waals surface area contributed by atoms with Crippen LogP contribution in [0.2, 0.25) is 0 Å². The number of hydrogen-bond acceptors (Lipinski definition) is 6. The summed E-state index contributed by atoms with van der Waals surface area (Å²) in [6.07, 6.45) is -3.83. The third-order valence-corrected chi connectivity index (χ3v) is 5.62. The van der Waals surface area contributed by atoms with E-state index in [0.29, 0.717) is 0 Å². The quantitative estimate of drug-likeness (QED) is 0.448. The van der Waals surface area contributed by atoms with Crippen molar-refractivity contribution in [2.24, 2.45) is 5.73 Å². The van der Waals surface area contributed by atoms with Crippen LogP contribution in [0, 0.1) is 0 Å². The minimum atomic E-state index is -5.08. The molecule has 3 N–H and O–H groups in total. The van der Waals surface area contributed by atoms with Crippen LogP contribution in [-0.4, -0.2) is 42.7 Å². The maximum absolute atomic E-state index is 12.8. The Balaban J connectivity index is 0.000000572. The molecule has 36 heavy (non-hydrogen) atoms. The molecule has 0 spiro atoms. The molecule has 3 aromatic rings. The van der Waals surface area contributed by atoms with E-state index in [9.17, 15) is 31.5 Å². The van der Waals surface area contributed by atoms with Crippen LogP contribution in [0.15, 0.2) is 57.3 Å². The lowest BCUT2D eigenvalue weighted by molar-refractivity contribution is -0.192. The number of carbonyl (C=O) groups is 1. The number of aromatic nitrogens is 4. The predicted molar refractivity (Wildman–Crippen MR) is 122 cm³/mol. The zero-order chi connectivity index (χ0) is 27.2. The second kappa shape index (κ2) is 11.9. The summed E-state index contributed by atoms with van der Waals surface area (Å²) in [5, 5.41) is 13.0. The minimum absolute atomic E-state index is 0.0478. The lowest BCUT2D eigenvalue weighted by Crippen LogP contribution is -2.27. The molecule has 0 radical (unpaired) electrons. The van der Waals surface area contributed by atoms with Gasteiger partial charge in [0.2, 0.25) is 0 Å². The van der Waals surface area contributed by atoms with E-state index in [-0.39, 0.29) is 36.8 Å². The fourth-order valence-electron chi connectivity index (χ4n) is 2.83. The minimum Gasteiger partial charge on any atom is -0.475 e. The highest BCUT2D eigenvalue weighted by Gasteiger charge is 2.38. The maximum Gasteiger partial charge on any atom is 0.490 e. The molecule has 0 amide bonds. The molecule has 0 aliphatic heterocycles. The Hall–Kier alpha value is -3.59. The van der Waals surface area contributed by atoms with E-state index >= 15 is 0 Å². The molecule has 3 rings (SSSR count). The average molecular weight is 535 g/mol. The number of nitrogens with zero attached hydrogens (tertiary/aromatic N) is 4. The molecule has 0 atom stereocenters. The summed E-state index contributed by atoms with van der Waals surface area (Å²) in [5.74, 6) is -2.76. The first-order valence-electron chi connectivity index (χ1n) is 10.2. The highest BCUT2D eigenvalue weighted by Crippen LogP contribution is 2.26. The van der Waals surface area contributed by atoms with Crippen molar-refractivity contribution in [2.45, 2.75) is 39.2 Å². The average Bonchev–Trinajstić information content (AvgIpc) is 3.39. The lowest BCUT2D eigenvalue weighted by atomic mass is 10.1. The van der Waals surface area contributed by atoms with Gasteiger partial charge in [-0.05, 0) is 42.5 Å². The summed E-state index contributed by atoms with van der Waals surface area (Å²) in [6, 6.07) is 5.29. The van der Waals surface area contributed by atoms with Crippen LogP contribution >= 0.6 is 11.3 Å². The Bertz CT molecular complexity index is 1350. The summed E-state index contributed by atoms with van der Waals surface area (Å²) in [5.41, 5.74) is 6.26. The van der Waals surface area contributed by atoms with Crippen LogP contribution < -0.4 is 17.0 Å². The molecular weight excluding hydrogens is 513 g/mol. The smallest absolute Gasteiger partial charge is 0.475 e. The highest BCUT2D eigenvalue weighted by molar-refractivity contribution is 7.10. The number of alkyl halides is 3. The number of hydrogen-bond donors (Lipinski definition) is 2. The molecule has 196 valence electrons. The van der Waals surface area contributed by atoms with Crippen molar-refractivity contribution in [3.63, 3.8) is 0 Å². The Morgan fingerprint density at radius 1 is 1.19 bits per heavy atom. The second-order valence-corrected chi connectivity index (χ2v) is 8.62. The summed E-state index contributed by atoms with van der Waals surface area (Å²) >= 11 is 1.47. The van der Waals surface area contributed by atoms with Gasteiger partial charge in [-0.3, -0.25) is 9.36 Å². The first kappa shape index (κ1) is 28.6. The molecule has 0 bridgehead atoms. The van der Waals surface area contributed by atoms with Crippen LogP contribution in [0.5, 0.6) is 0 Å². The second-order valence-electron chi connectivity index (χ2n) is 7.63. The molecule has 9 nitrogen and oxygen atoms in total. The molecule has 0 aliphatic rings. The number of nitrogens with two attached hydrogens (primary N) is 1. The van der Waals surface area contributed by atoms with Crippen LogP contribution in [0.1, 0.15) is 24.8 Å². The van der Waals surface area contributed by atoms with Crippen molar-refractivity contribution < 1.29 is 31.9 Å². The van der Waals surface area contributed by atoms with Crippen LogP contribution in [0.4, 0.5) is 22.0 Å². The molecule has 0 saturated heterocycles. The number of carboxylic acid groups (broad SMARTS) is 1. The van der Waals surface area contributed by atoms with Gasteiger partial charge < -0.3 is 15.4 Å². The monoisotopic (exact) mass is 535 g/mol. The van der Waals surface area contributed by atoms with Gasteiger partial charge in [0, 0.05) is 35.3 Å². The van der Waals surface area contributed by atoms with E-state index in [4.69, 9.17) is 15.6 Å². The fourth-order valence-corrected chi connectivity index (χ4v) is 3.72. The number of thiophene rings is 1. The van der Waals surface area contributed by atoms with Crippen molar-refractivity contribution in [1.82, 2.24) is 18.9 Å². The van der Waals surface area contributed by atoms with E-state index < -0.39 is 23.9 Å². The van der Waals surface area contributed by atoms with Gasteiger partial charge in [0.15, 0.2) is 0 Å². The van der Waals surface area contributed by atoms with Gasteiger partial charge in [-0.2, -0.15) is 27.1 Å². The Morgan fingerprint density at radius 2 is 1.83 bits per heavy atom. The number of pyridine rings is 1. The fraction of sp³-hybridized carbons (Fsp3) is 0.333. The van der Waals surface area contributed by atoms with E-state index in [2.05, 4.69) is 5.10 Å². The normalized spacial score (nSPS) is 11.2. The SMILES string of the molecule is CC(C)n1cc(-c2csc(Cn3cnn(CC(CN)=C(F)F)c3=O)c2)ccc1=O.O=C(O)C(F)(F)F. The summed E-state index contributed by atoms with van der Waals surface area (Å²) in [7, 11) is 0. The first-order chi connectivity index (χ1) is 16.7. The van der Waals surface area contributed by atoms with Gasteiger partial charge in [0.1, 0.15) is 6.33 Å². The van der Waals surface area contributed by atoms with Gasteiger partial charge in [0.05, 0.1) is 13.1 Å². The van der Waals surface area contributed by atoms with Gasteiger partial charge in [-0.15, -0.1) is 11.3 Å². The van der Waals surface area contributed by atoms with Crippen molar-refractivity contribution in [3.05, 3.63) is 73.5 Å². The van der Waals surface area contributed by atoms with Gasteiger partial charge >= 0.3 is 17.8 Å². The number of carboxylic acids is 1. The van der Waals surface area contributed by atoms with Crippen molar-refractivity contribution in [3.8, 4) is 11.1 Å². The van der Waals surface area contributed by atoms with Crippen LogP contribution in [0.25, 0.3) is 11.1 Å². The van der Waals surface area contributed by atoms with Gasteiger partial charge in [-0.1, -0.05) is 0 Å². The third-order valence-electron chi connectivity index (χ3n) is 4.70. The molecule has 0 unspecified atom stereocenters. The summed E-state index contributed by atoms with van der Waals surface area (Å²) in [6.45, 7) is 3.47. The van der Waals surface area contributed by atoms with Crippen molar-refractivity contribution in [1.29, 1.82) is 0 Å². The number of aliphatic carboxylic acids is 1. The predicted octanol–water partition coefficient (Wildman–Crippen LogP) is 3.31. The van der Waals surface area contributed by atoms with Gasteiger partial charge in [-0.25, -0.2) is 14.3 Å². The van der Waals surface area contributed by atoms with E-state index in [1.165, 1.54) is 28.3 Å². The molecule has 0 aliphatic carbocycles. The Morgan fingerprint density at radius 3 is 2.36 bits per heavy atom. The highest BCUT2D eigenvalue weighted by atomic mass is 32.1. The van der Waals surface area contributed by atoms with Gasteiger partial charge in [0.25, 0.3) is 11.6 Å². The zero-order valence-electron chi connectivity index (χ0n) is 19.0. The lowest BCUT2D eigenvalue weighted by Gasteiger charge is -2.10. The molecule has 0 saturated carbocycles. The summed E-state index contributed by atoms with van der Waals surface area (Å²) in [4.78, 5) is 34.1. The Kier molecular flexibility index (Phi) is 9.47. The molecule has 15 heteroatoms. The van der Waals surface area contributed by atoms with Crippen LogP contribution in [-0.2, 0) is 17.9 Å². The molecule has 0 aromatic carbocycles. The number of halogens is 5. The third kappa shape index (κ3) is 7.45. The zero-order valence-corrected chi connectivity index (χ0v) is 19.8. The van der Waals surface area contributed by atoms with Crippen LogP contribution in [0.3, 0.4) is 0 Å². The molecule has 3 heterocycles. The first-order valence-corrected chi connectivity index (χ1v) is 11.1. The van der Waals surface area contributed by atoms with Crippen molar-refractivity contribution >= 4 is 17.3 Å². The molecule has 0 fully saturated rings. The van der Waals surface area contributed by atoms with E-state index in [0.717, 1.165) is 20.7 Å². The molecule has 3 aromatic heterocycles. The topological polar surface area (TPSA) is 125 Å². The number of rotatable bonds is 7. The largest absolute Gasteiger partial charge is 0.490 e. The van der Waals surface area contributed by atoms with E-state index in [1.807, 2.05) is 31.5 Å². The van der Waals surface area contributed by atoms with E-state index in [1.54, 1.807) is 10.6 Å². The van der Waals surface area contributed by atoms with Crippen molar-refractivity contribution in [2.75, 3.05) is 6.54 Å².